The molecule has 4 aromatic rings. The van der Waals surface area contributed by atoms with Crippen LogP contribution in [0.25, 0.3) is 22.2 Å². The normalized spacial score (nSPS) is 16.2. The number of imidazole rings is 1. The summed E-state index contributed by atoms with van der Waals surface area (Å²) in [6.45, 7) is 4.22. The molecule has 0 fully saturated rings. The minimum absolute atomic E-state index is 0.339. The molecule has 0 amide bonds. The summed E-state index contributed by atoms with van der Waals surface area (Å²) in [6, 6.07) is 17.6. The maximum atomic E-state index is 4.87. The molecule has 0 bridgehead atoms. The molecule has 1 aliphatic rings. The molecule has 134 valence electrons. The van der Waals surface area contributed by atoms with Gasteiger partial charge in [-0.2, -0.15) is 0 Å². The predicted molar refractivity (Wildman–Crippen MR) is 108 cm³/mol. The molecule has 4 heteroatoms. The highest BCUT2D eigenvalue weighted by Crippen LogP contribution is 2.36. The highest BCUT2D eigenvalue weighted by molar-refractivity contribution is 5.83. The van der Waals surface area contributed by atoms with Crippen LogP contribution in [0.5, 0.6) is 0 Å². The van der Waals surface area contributed by atoms with Gasteiger partial charge < -0.3 is 4.57 Å². The second kappa shape index (κ2) is 6.31. The molecule has 0 spiro atoms. The fraction of sp³-hybridized carbons (Fsp3) is 0.261. The average Bonchev–Trinajstić information content (AvgIpc) is 3.27. The second-order valence-corrected chi connectivity index (χ2v) is 7.55. The molecule has 0 saturated heterocycles. The molecule has 5 rings (SSSR count). The van der Waals surface area contributed by atoms with Gasteiger partial charge in [-0.1, -0.05) is 50.2 Å². The minimum Gasteiger partial charge on any atom is -0.320 e. The third-order valence-corrected chi connectivity index (χ3v) is 5.42. The summed E-state index contributed by atoms with van der Waals surface area (Å²) in [4.78, 5) is 13.9. The van der Waals surface area contributed by atoms with E-state index in [1.165, 1.54) is 16.9 Å². The van der Waals surface area contributed by atoms with Crippen LogP contribution in [0.1, 0.15) is 49.4 Å². The Morgan fingerprint density at radius 2 is 1.74 bits per heavy atom. The lowest BCUT2D eigenvalue weighted by atomic mass is 10.0. The molecule has 2 aromatic carbocycles. The maximum absolute atomic E-state index is 4.87. The van der Waals surface area contributed by atoms with E-state index in [9.17, 15) is 0 Å². The first-order valence-corrected chi connectivity index (χ1v) is 9.59. The Kier molecular flexibility index (Phi) is 3.78. The summed E-state index contributed by atoms with van der Waals surface area (Å²) in [5, 5.41) is 0. The summed E-state index contributed by atoms with van der Waals surface area (Å²) in [7, 11) is 0. The molecular formula is C23H22N4. The Bertz CT molecular complexity index is 1090. The number of nitrogens with zero attached hydrogens (tertiary/aromatic N) is 4. The van der Waals surface area contributed by atoms with E-state index in [1.54, 1.807) is 0 Å². The zero-order valence-electron chi connectivity index (χ0n) is 15.6. The van der Waals surface area contributed by atoms with Gasteiger partial charge in [0.2, 0.25) is 0 Å². The van der Waals surface area contributed by atoms with Gasteiger partial charge in [0, 0.05) is 30.3 Å². The van der Waals surface area contributed by atoms with Crippen molar-refractivity contribution < 1.29 is 0 Å². The van der Waals surface area contributed by atoms with E-state index in [2.05, 4.69) is 76.9 Å². The van der Waals surface area contributed by atoms with E-state index in [0.29, 0.717) is 12.0 Å². The van der Waals surface area contributed by atoms with Crippen LogP contribution in [0.2, 0.25) is 0 Å². The van der Waals surface area contributed by atoms with Crippen LogP contribution in [0.15, 0.2) is 60.9 Å². The van der Waals surface area contributed by atoms with Gasteiger partial charge in [-0.3, -0.25) is 0 Å². The van der Waals surface area contributed by atoms with E-state index in [0.717, 1.165) is 35.3 Å². The Morgan fingerprint density at radius 3 is 2.48 bits per heavy atom. The van der Waals surface area contributed by atoms with Crippen molar-refractivity contribution in [2.45, 2.75) is 38.6 Å². The van der Waals surface area contributed by atoms with Crippen LogP contribution in [0, 0.1) is 0 Å². The number of rotatable bonds is 3. The molecule has 3 heterocycles. The highest BCUT2D eigenvalue weighted by Gasteiger charge is 2.27. The molecule has 2 aromatic heterocycles. The Labute approximate surface area is 158 Å². The molecule has 0 N–H and O–H groups in total. The third-order valence-electron chi connectivity index (χ3n) is 5.42. The van der Waals surface area contributed by atoms with Crippen molar-refractivity contribution in [3.8, 4) is 11.1 Å². The van der Waals surface area contributed by atoms with Gasteiger partial charge in [0.15, 0.2) is 0 Å². The van der Waals surface area contributed by atoms with Gasteiger partial charge in [0.1, 0.15) is 11.6 Å². The molecule has 4 nitrogen and oxygen atoms in total. The van der Waals surface area contributed by atoms with Crippen molar-refractivity contribution in [3.05, 3.63) is 78.1 Å². The molecule has 0 aliphatic carbocycles. The van der Waals surface area contributed by atoms with Gasteiger partial charge in [0.25, 0.3) is 0 Å². The number of fused-ring (bicyclic) bond motifs is 3. The summed E-state index contributed by atoms with van der Waals surface area (Å²) >= 11 is 0. The fourth-order valence-corrected chi connectivity index (χ4v) is 4.02. The van der Waals surface area contributed by atoms with E-state index < -0.39 is 0 Å². The van der Waals surface area contributed by atoms with Crippen LogP contribution in [-0.2, 0) is 6.42 Å². The van der Waals surface area contributed by atoms with Crippen molar-refractivity contribution in [2.24, 2.45) is 0 Å². The molecule has 27 heavy (non-hydrogen) atoms. The van der Waals surface area contributed by atoms with Crippen molar-refractivity contribution in [3.63, 3.8) is 0 Å². The van der Waals surface area contributed by atoms with Crippen LogP contribution in [-0.4, -0.2) is 19.5 Å². The smallest absolute Gasteiger partial charge is 0.130 e. The van der Waals surface area contributed by atoms with Crippen LogP contribution >= 0.6 is 0 Å². The van der Waals surface area contributed by atoms with Crippen molar-refractivity contribution in [1.29, 1.82) is 0 Å². The molecule has 1 atom stereocenters. The minimum atomic E-state index is 0.339. The van der Waals surface area contributed by atoms with Crippen molar-refractivity contribution in [2.75, 3.05) is 0 Å². The standard InChI is InChI=1S/C23H22N4/c1-15(2)23-24-13-18(14-25-23)17-8-9-19-21(12-17)27-20(10-11-22(27)26-19)16-6-4-3-5-7-16/h3-9,12-15,20H,10-11H2,1-2H3/t20-/m0/s1. The first kappa shape index (κ1) is 16.2. The second-order valence-electron chi connectivity index (χ2n) is 7.55. The topological polar surface area (TPSA) is 43.6 Å². The summed E-state index contributed by atoms with van der Waals surface area (Å²) < 4.78 is 2.41. The molecule has 0 saturated carbocycles. The van der Waals surface area contributed by atoms with Gasteiger partial charge in [-0.05, 0) is 29.7 Å². The SMILES string of the molecule is CC(C)c1ncc(-c2ccc3nc4n(c3c2)[C@H](c2ccccc2)CC4)cn1. The molecule has 0 unspecified atom stereocenters. The van der Waals surface area contributed by atoms with E-state index in [1.807, 2.05) is 12.4 Å². The third kappa shape index (κ3) is 2.72. The molecule has 1 aliphatic heterocycles. The average molecular weight is 354 g/mol. The van der Waals surface area contributed by atoms with Gasteiger partial charge in [0.05, 0.1) is 17.1 Å². The summed E-state index contributed by atoms with van der Waals surface area (Å²) in [5.41, 5.74) is 5.80. The number of hydrogen-bond acceptors (Lipinski definition) is 3. The number of aromatic nitrogens is 4. The quantitative estimate of drug-likeness (QED) is 0.511. The molecule has 0 radical (unpaired) electrons. The Hall–Kier alpha value is -3.01. The predicted octanol–water partition coefficient (Wildman–Crippen LogP) is 5.15. The molecular weight excluding hydrogens is 332 g/mol. The number of aryl methyl sites for hydroxylation is 1. The lowest BCUT2D eigenvalue weighted by Gasteiger charge is -2.15. The summed E-state index contributed by atoms with van der Waals surface area (Å²) in [5.74, 6) is 2.41. The van der Waals surface area contributed by atoms with Crippen LogP contribution < -0.4 is 0 Å². The van der Waals surface area contributed by atoms with Gasteiger partial charge >= 0.3 is 0 Å². The Balaban J connectivity index is 1.60. The largest absolute Gasteiger partial charge is 0.320 e. The highest BCUT2D eigenvalue weighted by atomic mass is 15.1. The van der Waals surface area contributed by atoms with Crippen molar-refractivity contribution in [1.82, 2.24) is 19.5 Å². The first-order valence-electron chi connectivity index (χ1n) is 9.59. The van der Waals surface area contributed by atoms with Crippen LogP contribution in [0.4, 0.5) is 0 Å². The van der Waals surface area contributed by atoms with E-state index in [4.69, 9.17) is 4.98 Å². The first-order chi connectivity index (χ1) is 13.2. The monoisotopic (exact) mass is 354 g/mol. The van der Waals surface area contributed by atoms with E-state index >= 15 is 0 Å². The van der Waals surface area contributed by atoms with Crippen molar-refractivity contribution >= 4 is 11.0 Å². The van der Waals surface area contributed by atoms with Gasteiger partial charge in [-0.15, -0.1) is 0 Å². The van der Waals surface area contributed by atoms with Crippen LogP contribution in [0.3, 0.4) is 0 Å². The number of benzene rings is 2. The number of hydrogen-bond donors (Lipinski definition) is 0. The zero-order chi connectivity index (χ0) is 18.4. The van der Waals surface area contributed by atoms with Gasteiger partial charge in [-0.25, -0.2) is 15.0 Å². The Morgan fingerprint density at radius 1 is 0.963 bits per heavy atom. The lowest BCUT2D eigenvalue weighted by Crippen LogP contribution is -2.05. The maximum Gasteiger partial charge on any atom is 0.130 e. The zero-order valence-corrected chi connectivity index (χ0v) is 15.6. The summed E-state index contributed by atoms with van der Waals surface area (Å²) in [6.07, 6.45) is 5.99. The van der Waals surface area contributed by atoms with E-state index in [-0.39, 0.29) is 0 Å². The lowest BCUT2D eigenvalue weighted by molar-refractivity contribution is 0.637. The fourth-order valence-electron chi connectivity index (χ4n) is 4.02.